The van der Waals surface area contributed by atoms with Crippen LogP contribution in [0, 0.1) is 5.82 Å². The molecule has 0 radical (unpaired) electrons. The standard InChI is InChI=1S/C12H13F/c1-3-4-5-10(2)11-6-8-12(13)9-7-11/h4-9H,2-3H2,1H3/b5-4+. The van der Waals surface area contributed by atoms with Gasteiger partial charge in [-0.3, -0.25) is 0 Å². The van der Waals surface area contributed by atoms with E-state index in [0.29, 0.717) is 0 Å². The number of hydrogen-bond acceptors (Lipinski definition) is 0. The molecule has 0 atom stereocenters. The predicted molar refractivity (Wildman–Crippen MR) is 54.9 cm³/mol. The fourth-order valence-corrected chi connectivity index (χ4v) is 1.02. The summed E-state index contributed by atoms with van der Waals surface area (Å²) in [5.74, 6) is -0.212. The van der Waals surface area contributed by atoms with Gasteiger partial charge in [0.2, 0.25) is 0 Å². The molecule has 0 nitrogen and oxygen atoms in total. The smallest absolute Gasteiger partial charge is 0.123 e. The van der Waals surface area contributed by atoms with Gasteiger partial charge in [0.1, 0.15) is 5.82 Å². The van der Waals surface area contributed by atoms with Gasteiger partial charge >= 0.3 is 0 Å². The summed E-state index contributed by atoms with van der Waals surface area (Å²) in [6.07, 6.45) is 4.97. The Hall–Kier alpha value is -1.37. The summed E-state index contributed by atoms with van der Waals surface area (Å²) in [5, 5.41) is 0. The zero-order chi connectivity index (χ0) is 9.68. The lowest BCUT2D eigenvalue weighted by Gasteiger charge is -1.99. The number of rotatable bonds is 3. The van der Waals surface area contributed by atoms with Gasteiger partial charge < -0.3 is 0 Å². The van der Waals surface area contributed by atoms with Gasteiger partial charge in [0.05, 0.1) is 0 Å². The Bertz CT molecular complexity index is 306. The summed E-state index contributed by atoms with van der Waals surface area (Å²) in [4.78, 5) is 0. The molecule has 0 aliphatic heterocycles. The Morgan fingerprint density at radius 2 is 2.00 bits per heavy atom. The fraction of sp³-hybridized carbons (Fsp3) is 0.167. The topological polar surface area (TPSA) is 0 Å². The maximum atomic E-state index is 12.6. The maximum Gasteiger partial charge on any atom is 0.123 e. The normalized spacial score (nSPS) is 10.6. The summed E-state index contributed by atoms with van der Waals surface area (Å²) < 4.78 is 12.6. The molecule has 68 valence electrons. The van der Waals surface area contributed by atoms with Crippen LogP contribution in [-0.4, -0.2) is 0 Å². The van der Waals surface area contributed by atoms with E-state index in [4.69, 9.17) is 0 Å². The number of halogens is 1. The van der Waals surface area contributed by atoms with Crippen molar-refractivity contribution in [2.45, 2.75) is 13.3 Å². The van der Waals surface area contributed by atoms with Crippen molar-refractivity contribution in [1.29, 1.82) is 0 Å². The van der Waals surface area contributed by atoms with Crippen molar-refractivity contribution in [3.8, 4) is 0 Å². The van der Waals surface area contributed by atoms with Crippen LogP contribution in [0.15, 0.2) is 43.0 Å². The minimum atomic E-state index is -0.212. The molecule has 0 spiro atoms. The Labute approximate surface area is 78.4 Å². The first-order valence-corrected chi connectivity index (χ1v) is 4.35. The van der Waals surface area contributed by atoms with Crippen molar-refractivity contribution in [2.75, 3.05) is 0 Å². The molecule has 13 heavy (non-hydrogen) atoms. The highest BCUT2D eigenvalue weighted by Crippen LogP contribution is 2.14. The third kappa shape index (κ3) is 2.86. The molecule has 1 aromatic rings. The van der Waals surface area contributed by atoms with Crippen LogP contribution in [-0.2, 0) is 0 Å². The molecule has 0 saturated carbocycles. The van der Waals surface area contributed by atoms with Crippen molar-refractivity contribution < 1.29 is 4.39 Å². The van der Waals surface area contributed by atoms with Crippen molar-refractivity contribution in [3.63, 3.8) is 0 Å². The summed E-state index contributed by atoms with van der Waals surface area (Å²) >= 11 is 0. The number of benzene rings is 1. The Morgan fingerprint density at radius 1 is 1.38 bits per heavy atom. The van der Waals surface area contributed by atoms with Crippen molar-refractivity contribution >= 4 is 5.57 Å². The van der Waals surface area contributed by atoms with Crippen LogP contribution in [0.1, 0.15) is 18.9 Å². The van der Waals surface area contributed by atoms with E-state index >= 15 is 0 Å². The molecule has 1 heteroatoms. The third-order valence-electron chi connectivity index (χ3n) is 1.77. The van der Waals surface area contributed by atoms with Gasteiger partial charge in [0.25, 0.3) is 0 Å². The van der Waals surface area contributed by atoms with E-state index in [-0.39, 0.29) is 5.82 Å². The average molecular weight is 176 g/mol. The summed E-state index contributed by atoms with van der Waals surface area (Å²) in [7, 11) is 0. The molecule has 0 unspecified atom stereocenters. The van der Waals surface area contributed by atoms with Crippen LogP contribution in [0.25, 0.3) is 5.57 Å². The maximum absolute atomic E-state index is 12.6. The molecular formula is C12H13F. The van der Waals surface area contributed by atoms with E-state index in [0.717, 1.165) is 17.6 Å². The van der Waals surface area contributed by atoms with E-state index in [1.54, 1.807) is 12.1 Å². The van der Waals surface area contributed by atoms with E-state index in [1.165, 1.54) is 12.1 Å². The summed E-state index contributed by atoms with van der Waals surface area (Å²) in [6, 6.07) is 6.36. The minimum absolute atomic E-state index is 0.212. The highest BCUT2D eigenvalue weighted by atomic mass is 19.1. The first-order chi connectivity index (χ1) is 6.24. The molecule has 0 fully saturated rings. The summed E-state index contributed by atoms with van der Waals surface area (Å²) in [5.41, 5.74) is 1.88. The first-order valence-electron chi connectivity index (χ1n) is 4.35. The molecular weight excluding hydrogens is 163 g/mol. The van der Waals surface area contributed by atoms with Crippen LogP contribution in [0.2, 0.25) is 0 Å². The van der Waals surface area contributed by atoms with Crippen LogP contribution in [0.4, 0.5) is 4.39 Å². The number of hydrogen-bond donors (Lipinski definition) is 0. The Morgan fingerprint density at radius 3 is 2.54 bits per heavy atom. The largest absolute Gasteiger partial charge is 0.207 e. The highest BCUT2D eigenvalue weighted by Gasteiger charge is 1.94. The van der Waals surface area contributed by atoms with Gasteiger partial charge in [-0.2, -0.15) is 0 Å². The Balaban J connectivity index is 2.78. The molecule has 0 aliphatic carbocycles. The molecule has 0 aliphatic rings. The summed E-state index contributed by atoms with van der Waals surface area (Å²) in [6.45, 7) is 5.95. The highest BCUT2D eigenvalue weighted by molar-refractivity contribution is 5.71. The van der Waals surface area contributed by atoms with Crippen molar-refractivity contribution in [3.05, 3.63) is 54.4 Å². The lowest BCUT2D eigenvalue weighted by atomic mass is 10.1. The molecule has 0 amide bonds. The van der Waals surface area contributed by atoms with Crippen LogP contribution in [0.5, 0.6) is 0 Å². The second-order valence-electron chi connectivity index (χ2n) is 2.84. The molecule has 1 rings (SSSR count). The molecule has 0 heterocycles. The zero-order valence-electron chi connectivity index (χ0n) is 7.76. The monoisotopic (exact) mass is 176 g/mol. The van der Waals surface area contributed by atoms with Gasteiger partial charge in [0, 0.05) is 0 Å². The van der Waals surface area contributed by atoms with Crippen LogP contribution in [0.3, 0.4) is 0 Å². The van der Waals surface area contributed by atoms with Crippen molar-refractivity contribution in [1.82, 2.24) is 0 Å². The van der Waals surface area contributed by atoms with E-state index < -0.39 is 0 Å². The van der Waals surface area contributed by atoms with Crippen LogP contribution >= 0.6 is 0 Å². The third-order valence-corrected chi connectivity index (χ3v) is 1.77. The van der Waals surface area contributed by atoms with E-state index in [2.05, 4.69) is 13.5 Å². The number of allylic oxidation sites excluding steroid dienone is 3. The molecule has 1 aromatic carbocycles. The minimum Gasteiger partial charge on any atom is -0.207 e. The SMILES string of the molecule is C=C(/C=C/CC)c1ccc(F)cc1. The van der Waals surface area contributed by atoms with Gasteiger partial charge in [-0.1, -0.05) is 37.8 Å². The lowest BCUT2D eigenvalue weighted by molar-refractivity contribution is 0.627. The molecule has 0 bridgehead atoms. The first kappa shape index (κ1) is 9.72. The molecule has 0 aromatic heterocycles. The molecule has 0 N–H and O–H groups in total. The second-order valence-corrected chi connectivity index (χ2v) is 2.84. The lowest BCUT2D eigenvalue weighted by Crippen LogP contribution is -1.79. The zero-order valence-corrected chi connectivity index (χ0v) is 7.76. The molecule has 0 saturated heterocycles. The van der Waals surface area contributed by atoms with Gasteiger partial charge in [0.15, 0.2) is 0 Å². The van der Waals surface area contributed by atoms with Crippen LogP contribution < -0.4 is 0 Å². The predicted octanol–water partition coefficient (Wildman–Crippen LogP) is 3.81. The van der Waals surface area contributed by atoms with Gasteiger partial charge in [-0.05, 0) is 29.7 Å². The van der Waals surface area contributed by atoms with Gasteiger partial charge in [-0.25, -0.2) is 4.39 Å². The Kier molecular flexibility index (Phi) is 3.44. The second kappa shape index (κ2) is 4.61. The van der Waals surface area contributed by atoms with E-state index in [9.17, 15) is 4.39 Å². The quantitative estimate of drug-likeness (QED) is 0.614. The van der Waals surface area contributed by atoms with E-state index in [1.807, 2.05) is 12.2 Å². The average Bonchev–Trinajstić information content (AvgIpc) is 2.15. The van der Waals surface area contributed by atoms with Gasteiger partial charge in [-0.15, -0.1) is 0 Å². The fourth-order valence-electron chi connectivity index (χ4n) is 1.02. The van der Waals surface area contributed by atoms with Crippen molar-refractivity contribution in [2.24, 2.45) is 0 Å².